The van der Waals surface area contributed by atoms with Crippen molar-refractivity contribution in [1.29, 1.82) is 0 Å². The average molecular weight is 538 g/mol. The first-order chi connectivity index (χ1) is 18.9. The lowest BCUT2D eigenvalue weighted by molar-refractivity contribution is -0.140. The number of benzene rings is 2. The molecule has 1 fully saturated rings. The summed E-state index contributed by atoms with van der Waals surface area (Å²) in [5.74, 6) is -2.05. The minimum Gasteiger partial charge on any atom is -0.466 e. The van der Waals surface area contributed by atoms with Crippen molar-refractivity contribution in [1.82, 2.24) is 4.90 Å². The molecule has 4 rings (SSSR count). The standard InChI is InChI=1S/C28H31N3O8/c1-4-39-26(33)20-10-11-22(29-12-14-30(15-13-29)25(32)19-8-6-5-7-9-19)23(16-20)31-18-38-17-21(27(34)36-2)24(31)28(35)37-3/h5-11,16H,4,12-15,17-18H2,1-3H3. The predicted molar refractivity (Wildman–Crippen MR) is 141 cm³/mol. The quantitative estimate of drug-likeness (QED) is 0.385. The molecular weight excluding hydrogens is 506 g/mol. The third-order valence-corrected chi connectivity index (χ3v) is 6.54. The van der Waals surface area contributed by atoms with Crippen molar-refractivity contribution in [3.05, 3.63) is 70.9 Å². The summed E-state index contributed by atoms with van der Waals surface area (Å²) in [6, 6.07) is 14.1. The maximum atomic E-state index is 12.9. The number of hydrogen-bond acceptors (Lipinski definition) is 10. The zero-order chi connectivity index (χ0) is 27.9. The number of carbonyl (C=O) groups excluding carboxylic acids is 4. The van der Waals surface area contributed by atoms with Gasteiger partial charge in [-0.05, 0) is 37.3 Å². The molecule has 1 saturated heterocycles. The number of ether oxygens (including phenoxy) is 4. The van der Waals surface area contributed by atoms with Gasteiger partial charge in [-0.1, -0.05) is 18.2 Å². The first-order valence-corrected chi connectivity index (χ1v) is 12.5. The van der Waals surface area contributed by atoms with Crippen LogP contribution in [-0.2, 0) is 28.5 Å². The molecule has 0 atom stereocenters. The van der Waals surface area contributed by atoms with Gasteiger partial charge in [-0.2, -0.15) is 0 Å². The zero-order valence-corrected chi connectivity index (χ0v) is 22.2. The van der Waals surface area contributed by atoms with Gasteiger partial charge in [0.1, 0.15) is 12.4 Å². The summed E-state index contributed by atoms with van der Waals surface area (Å²) in [4.78, 5) is 56.3. The van der Waals surface area contributed by atoms with Crippen LogP contribution in [0.25, 0.3) is 0 Å². The highest BCUT2D eigenvalue weighted by atomic mass is 16.5. The first-order valence-electron chi connectivity index (χ1n) is 12.5. The Bertz CT molecular complexity index is 1270. The molecular formula is C28H31N3O8. The number of nitrogens with zero attached hydrogens (tertiary/aromatic N) is 3. The number of rotatable bonds is 7. The molecule has 2 aliphatic rings. The monoisotopic (exact) mass is 537 g/mol. The molecule has 2 aliphatic heterocycles. The van der Waals surface area contributed by atoms with Crippen LogP contribution in [0.4, 0.5) is 11.4 Å². The largest absolute Gasteiger partial charge is 0.466 e. The second-order valence-electron chi connectivity index (χ2n) is 8.79. The summed E-state index contributed by atoms with van der Waals surface area (Å²) in [6.45, 7) is 3.63. The van der Waals surface area contributed by atoms with Gasteiger partial charge in [0.05, 0.1) is 49.9 Å². The maximum Gasteiger partial charge on any atom is 0.355 e. The Morgan fingerprint density at radius 3 is 2.15 bits per heavy atom. The van der Waals surface area contributed by atoms with Gasteiger partial charge in [-0.15, -0.1) is 0 Å². The van der Waals surface area contributed by atoms with Crippen molar-refractivity contribution in [2.24, 2.45) is 0 Å². The van der Waals surface area contributed by atoms with E-state index in [1.54, 1.807) is 42.2 Å². The number of esters is 3. The van der Waals surface area contributed by atoms with Crippen LogP contribution in [0.15, 0.2) is 59.8 Å². The summed E-state index contributed by atoms with van der Waals surface area (Å²) in [5, 5.41) is 0. The molecule has 0 aromatic heterocycles. The molecule has 11 nitrogen and oxygen atoms in total. The zero-order valence-electron chi connectivity index (χ0n) is 22.2. The van der Waals surface area contributed by atoms with Gasteiger partial charge in [-0.25, -0.2) is 14.4 Å². The van der Waals surface area contributed by atoms with E-state index in [2.05, 4.69) is 4.90 Å². The van der Waals surface area contributed by atoms with Gasteiger partial charge < -0.3 is 33.6 Å². The second kappa shape index (κ2) is 12.4. The third-order valence-electron chi connectivity index (χ3n) is 6.54. The van der Waals surface area contributed by atoms with Crippen molar-refractivity contribution in [2.75, 3.05) is 70.1 Å². The molecule has 206 valence electrons. The van der Waals surface area contributed by atoms with E-state index in [-0.39, 0.29) is 42.7 Å². The number of methoxy groups -OCH3 is 2. The first kappa shape index (κ1) is 27.6. The van der Waals surface area contributed by atoms with Gasteiger partial charge in [0.15, 0.2) is 0 Å². The molecule has 1 amide bonds. The van der Waals surface area contributed by atoms with Gasteiger partial charge in [0.2, 0.25) is 0 Å². The fourth-order valence-corrected chi connectivity index (χ4v) is 4.60. The van der Waals surface area contributed by atoms with Crippen LogP contribution in [0.3, 0.4) is 0 Å². The highest BCUT2D eigenvalue weighted by molar-refractivity contribution is 6.04. The Kier molecular flexibility index (Phi) is 8.82. The van der Waals surface area contributed by atoms with E-state index in [9.17, 15) is 19.2 Å². The molecule has 39 heavy (non-hydrogen) atoms. The smallest absolute Gasteiger partial charge is 0.355 e. The molecule has 11 heteroatoms. The SMILES string of the molecule is CCOC(=O)c1ccc(N2CCN(C(=O)c3ccccc3)CC2)c(N2COCC(C(=O)OC)=C2C(=O)OC)c1. The Morgan fingerprint density at radius 1 is 0.821 bits per heavy atom. The molecule has 0 aliphatic carbocycles. The van der Waals surface area contributed by atoms with Crippen molar-refractivity contribution < 1.29 is 38.1 Å². The van der Waals surface area contributed by atoms with E-state index in [0.29, 0.717) is 43.1 Å². The van der Waals surface area contributed by atoms with Crippen LogP contribution in [0.1, 0.15) is 27.6 Å². The Labute approximate surface area is 226 Å². The van der Waals surface area contributed by atoms with E-state index in [1.807, 2.05) is 18.2 Å². The molecule has 2 aromatic rings. The topological polar surface area (TPSA) is 115 Å². The normalized spacial score (nSPS) is 15.6. The average Bonchev–Trinajstić information content (AvgIpc) is 2.99. The summed E-state index contributed by atoms with van der Waals surface area (Å²) >= 11 is 0. The van der Waals surface area contributed by atoms with E-state index in [4.69, 9.17) is 18.9 Å². The highest BCUT2D eigenvalue weighted by Crippen LogP contribution is 2.36. The number of piperazine rings is 1. The maximum absolute atomic E-state index is 12.9. The summed E-state index contributed by atoms with van der Waals surface area (Å²) < 4.78 is 20.7. The lowest BCUT2D eigenvalue weighted by Gasteiger charge is -2.39. The molecule has 2 heterocycles. The predicted octanol–water partition coefficient (Wildman–Crippen LogP) is 2.22. The summed E-state index contributed by atoms with van der Waals surface area (Å²) in [5.41, 5.74) is 2.00. The second-order valence-corrected chi connectivity index (χ2v) is 8.79. The Balaban J connectivity index is 1.71. The minimum atomic E-state index is -0.746. The van der Waals surface area contributed by atoms with Crippen LogP contribution in [-0.4, -0.2) is 89.1 Å². The molecule has 0 saturated carbocycles. The number of anilines is 2. The third kappa shape index (κ3) is 5.88. The van der Waals surface area contributed by atoms with E-state index >= 15 is 0 Å². The van der Waals surface area contributed by atoms with Crippen molar-refractivity contribution in [3.63, 3.8) is 0 Å². The molecule has 0 N–H and O–H groups in total. The molecule has 0 radical (unpaired) electrons. The Morgan fingerprint density at radius 2 is 1.51 bits per heavy atom. The van der Waals surface area contributed by atoms with Gasteiger partial charge >= 0.3 is 17.9 Å². The molecule has 0 spiro atoms. The van der Waals surface area contributed by atoms with Crippen LogP contribution in [0.5, 0.6) is 0 Å². The van der Waals surface area contributed by atoms with Gasteiger partial charge in [0.25, 0.3) is 5.91 Å². The van der Waals surface area contributed by atoms with Crippen LogP contribution < -0.4 is 9.80 Å². The van der Waals surface area contributed by atoms with Crippen LogP contribution in [0.2, 0.25) is 0 Å². The fraction of sp³-hybridized carbons (Fsp3) is 0.357. The molecule has 0 bridgehead atoms. The van der Waals surface area contributed by atoms with Crippen LogP contribution in [0, 0.1) is 0 Å². The summed E-state index contributed by atoms with van der Waals surface area (Å²) in [7, 11) is 2.43. The van der Waals surface area contributed by atoms with E-state index in [0.717, 1.165) is 0 Å². The lowest BCUT2D eigenvalue weighted by atomic mass is 10.1. The van der Waals surface area contributed by atoms with Gasteiger partial charge in [-0.3, -0.25) is 4.79 Å². The summed E-state index contributed by atoms with van der Waals surface area (Å²) in [6.07, 6.45) is 0. The van der Waals surface area contributed by atoms with Crippen molar-refractivity contribution in [3.8, 4) is 0 Å². The number of carbonyl (C=O) groups is 4. The van der Waals surface area contributed by atoms with Crippen molar-refractivity contribution in [2.45, 2.75) is 6.92 Å². The minimum absolute atomic E-state index is 0.00126. The van der Waals surface area contributed by atoms with Crippen molar-refractivity contribution >= 4 is 35.2 Å². The molecule has 0 unspecified atom stereocenters. The molecule has 2 aromatic carbocycles. The van der Waals surface area contributed by atoms with Gasteiger partial charge in [0, 0.05) is 31.7 Å². The lowest BCUT2D eigenvalue weighted by Crippen LogP contribution is -2.49. The van der Waals surface area contributed by atoms with Crippen LogP contribution >= 0.6 is 0 Å². The fourth-order valence-electron chi connectivity index (χ4n) is 4.60. The van der Waals surface area contributed by atoms with E-state index < -0.39 is 17.9 Å². The Hall–Kier alpha value is -4.38. The number of hydrogen-bond donors (Lipinski definition) is 0. The highest BCUT2D eigenvalue weighted by Gasteiger charge is 2.35. The number of amides is 1. The van der Waals surface area contributed by atoms with E-state index in [1.165, 1.54) is 19.1 Å².